The quantitative estimate of drug-likeness (QED) is 0.579. The standard InChI is InChI=1S/C14H21BrN4O/c1-4-9-19-14(20)13(15)12(11-17-19)16-8-7-10-18(5-2)6-3/h1,11,16H,5-10H2,2-3H3. The molecule has 0 aliphatic rings. The number of nitrogens with one attached hydrogen (secondary N) is 1. The highest BCUT2D eigenvalue weighted by atomic mass is 79.9. The predicted molar refractivity (Wildman–Crippen MR) is 85.9 cm³/mol. The number of hydrogen-bond donors (Lipinski definition) is 1. The van der Waals surface area contributed by atoms with Crippen LogP contribution in [-0.2, 0) is 6.54 Å². The molecule has 20 heavy (non-hydrogen) atoms. The molecule has 0 radical (unpaired) electrons. The number of anilines is 1. The van der Waals surface area contributed by atoms with Crippen molar-refractivity contribution >= 4 is 21.6 Å². The van der Waals surface area contributed by atoms with Crippen molar-refractivity contribution in [2.75, 3.05) is 31.5 Å². The van der Waals surface area contributed by atoms with E-state index in [-0.39, 0.29) is 12.1 Å². The van der Waals surface area contributed by atoms with Crippen molar-refractivity contribution in [3.05, 3.63) is 21.0 Å². The second-order valence-corrected chi connectivity index (χ2v) is 5.14. The summed E-state index contributed by atoms with van der Waals surface area (Å²) in [6, 6.07) is 0. The van der Waals surface area contributed by atoms with Gasteiger partial charge in [-0.2, -0.15) is 5.10 Å². The molecule has 1 aromatic rings. The fourth-order valence-corrected chi connectivity index (χ4v) is 2.30. The first-order valence-corrected chi connectivity index (χ1v) is 7.58. The van der Waals surface area contributed by atoms with Crippen molar-refractivity contribution in [1.82, 2.24) is 14.7 Å². The van der Waals surface area contributed by atoms with E-state index in [1.807, 2.05) is 0 Å². The molecule has 0 unspecified atom stereocenters. The molecule has 0 saturated carbocycles. The zero-order valence-electron chi connectivity index (χ0n) is 12.0. The van der Waals surface area contributed by atoms with E-state index in [4.69, 9.17) is 6.42 Å². The maximum atomic E-state index is 11.9. The van der Waals surface area contributed by atoms with Crippen LogP contribution in [0, 0.1) is 12.3 Å². The summed E-state index contributed by atoms with van der Waals surface area (Å²) in [5.41, 5.74) is 0.500. The van der Waals surface area contributed by atoms with Crippen molar-refractivity contribution in [3.63, 3.8) is 0 Å². The smallest absolute Gasteiger partial charge is 0.284 e. The van der Waals surface area contributed by atoms with Gasteiger partial charge in [0.15, 0.2) is 0 Å². The highest BCUT2D eigenvalue weighted by Crippen LogP contribution is 2.15. The molecule has 0 spiro atoms. The summed E-state index contributed by atoms with van der Waals surface area (Å²) in [7, 11) is 0. The van der Waals surface area contributed by atoms with Gasteiger partial charge in [-0.25, -0.2) is 4.68 Å². The molecule has 0 saturated heterocycles. The maximum Gasteiger partial charge on any atom is 0.284 e. The molecule has 0 atom stereocenters. The van der Waals surface area contributed by atoms with Gasteiger partial charge in [0.05, 0.1) is 11.9 Å². The molecular weight excluding hydrogens is 320 g/mol. The van der Waals surface area contributed by atoms with Crippen molar-refractivity contribution in [1.29, 1.82) is 0 Å². The van der Waals surface area contributed by atoms with E-state index in [9.17, 15) is 4.79 Å². The van der Waals surface area contributed by atoms with E-state index in [1.54, 1.807) is 6.20 Å². The Bertz CT molecular complexity index is 517. The van der Waals surface area contributed by atoms with Crippen molar-refractivity contribution in [2.24, 2.45) is 0 Å². The van der Waals surface area contributed by atoms with Gasteiger partial charge >= 0.3 is 0 Å². The highest BCUT2D eigenvalue weighted by molar-refractivity contribution is 9.10. The molecule has 5 nitrogen and oxygen atoms in total. The lowest BCUT2D eigenvalue weighted by atomic mass is 10.3. The molecule has 0 aliphatic carbocycles. The Kier molecular flexibility index (Phi) is 7.34. The van der Waals surface area contributed by atoms with Crippen LogP contribution in [0.15, 0.2) is 15.5 Å². The average molecular weight is 341 g/mol. The minimum atomic E-state index is -0.211. The van der Waals surface area contributed by atoms with Crippen LogP contribution < -0.4 is 10.9 Å². The number of halogens is 1. The fourth-order valence-electron chi connectivity index (χ4n) is 1.85. The van der Waals surface area contributed by atoms with Gasteiger partial charge in [0.1, 0.15) is 11.0 Å². The summed E-state index contributed by atoms with van der Waals surface area (Å²) in [4.78, 5) is 14.3. The van der Waals surface area contributed by atoms with Crippen molar-refractivity contribution in [2.45, 2.75) is 26.8 Å². The Morgan fingerprint density at radius 2 is 2.20 bits per heavy atom. The number of hydrogen-bond acceptors (Lipinski definition) is 4. The van der Waals surface area contributed by atoms with Crippen LogP contribution in [-0.4, -0.2) is 40.9 Å². The Morgan fingerprint density at radius 3 is 2.80 bits per heavy atom. The van der Waals surface area contributed by atoms with E-state index in [1.165, 1.54) is 4.68 Å². The third-order valence-electron chi connectivity index (χ3n) is 3.09. The van der Waals surface area contributed by atoms with Gasteiger partial charge in [-0.15, -0.1) is 6.42 Å². The molecule has 1 heterocycles. The lowest BCUT2D eigenvalue weighted by Gasteiger charge is -2.18. The normalized spacial score (nSPS) is 10.6. The van der Waals surface area contributed by atoms with Crippen molar-refractivity contribution in [3.8, 4) is 12.3 Å². The first-order valence-electron chi connectivity index (χ1n) is 6.79. The molecule has 0 bridgehead atoms. The third-order valence-corrected chi connectivity index (χ3v) is 3.85. The van der Waals surface area contributed by atoms with Gasteiger partial charge < -0.3 is 10.2 Å². The van der Waals surface area contributed by atoms with Crippen LogP contribution in [0.4, 0.5) is 5.69 Å². The lowest BCUT2D eigenvalue weighted by Crippen LogP contribution is -2.26. The number of rotatable bonds is 8. The Labute approximate surface area is 128 Å². The van der Waals surface area contributed by atoms with Crippen LogP contribution >= 0.6 is 15.9 Å². The highest BCUT2D eigenvalue weighted by Gasteiger charge is 2.07. The number of terminal acetylenes is 1. The van der Waals surface area contributed by atoms with Gasteiger partial charge in [0, 0.05) is 6.54 Å². The Hall–Kier alpha value is -1.32. The summed E-state index contributed by atoms with van der Waals surface area (Å²) >= 11 is 3.29. The molecule has 0 fully saturated rings. The van der Waals surface area contributed by atoms with Crippen LogP contribution in [0.1, 0.15) is 20.3 Å². The lowest BCUT2D eigenvalue weighted by molar-refractivity contribution is 0.303. The second kappa shape index (κ2) is 8.77. The molecule has 1 rings (SSSR count). The molecule has 0 aromatic carbocycles. The van der Waals surface area contributed by atoms with E-state index in [0.717, 1.165) is 32.6 Å². The summed E-state index contributed by atoms with van der Waals surface area (Å²) in [5.74, 6) is 2.40. The predicted octanol–water partition coefficient (Wildman–Crippen LogP) is 1.78. The number of nitrogens with zero attached hydrogens (tertiary/aromatic N) is 3. The van der Waals surface area contributed by atoms with E-state index in [2.05, 4.69) is 51.0 Å². The van der Waals surface area contributed by atoms with Crippen LogP contribution in [0.5, 0.6) is 0 Å². The molecule has 1 N–H and O–H groups in total. The topological polar surface area (TPSA) is 50.2 Å². The zero-order valence-corrected chi connectivity index (χ0v) is 13.6. The molecule has 6 heteroatoms. The number of aromatic nitrogens is 2. The fraction of sp³-hybridized carbons (Fsp3) is 0.571. The zero-order chi connectivity index (χ0) is 15.0. The summed E-state index contributed by atoms with van der Waals surface area (Å²) < 4.78 is 1.73. The second-order valence-electron chi connectivity index (χ2n) is 4.35. The van der Waals surface area contributed by atoms with E-state index < -0.39 is 0 Å². The first kappa shape index (κ1) is 16.7. The largest absolute Gasteiger partial charge is 0.383 e. The minimum absolute atomic E-state index is 0.180. The van der Waals surface area contributed by atoms with Gasteiger partial charge in [-0.1, -0.05) is 19.8 Å². The van der Waals surface area contributed by atoms with Crippen LogP contribution in [0.25, 0.3) is 0 Å². The van der Waals surface area contributed by atoms with Crippen LogP contribution in [0.2, 0.25) is 0 Å². The Morgan fingerprint density at radius 1 is 1.50 bits per heavy atom. The monoisotopic (exact) mass is 340 g/mol. The summed E-state index contributed by atoms with van der Waals surface area (Å²) in [6.07, 6.45) is 7.83. The minimum Gasteiger partial charge on any atom is -0.383 e. The van der Waals surface area contributed by atoms with Gasteiger partial charge in [0.25, 0.3) is 5.56 Å². The van der Waals surface area contributed by atoms with E-state index in [0.29, 0.717) is 10.2 Å². The van der Waals surface area contributed by atoms with Gasteiger partial charge in [-0.05, 0) is 42.0 Å². The molecule has 0 aliphatic heterocycles. The summed E-state index contributed by atoms with van der Waals surface area (Å²) in [5, 5.41) is 7.26. The maximum absolute atomic E-state index is 11.9. The molecule has 0 amide bonds. The first-order chi connectivity index (χ1) is 9.63. The van der Waals surface area contributed by atoms with Gasteiger partial charge in [0.2, 0.25) is 0 Å². The average Bonchev–Trinajstić information content (AvgIpc) is 2.46. The van der Waals surface area contributed by atoms with Gasteiger partial charge in [-0.3, -0.25) is 4.79 Å². The van der Waals surface area contributed by atoms with Crippen molar-refractivity contribution < 1.29 is 0 Å². The summed E-state index contributed by atoms with van der Waals surface area (Å²) in [6.45, 7) is 8.45. The van der Waals surface area contributed by atoms with E-state index >= 15 is 0 Å². The SMILES string of the molecule is C#CCn1ncc(NCCCN(CC)CC)c(Br)c1=O. The molecule has 1 aromatic heterocycles. The molecular formula is C14H21BrN4O. The molecule has 110 valence electrons. The third kappa shape index (κ3) is 4.66. The Balaban J connectivity index is 2.55. The van der Waals surface area contributed by atoms with Crippen LogP contribution in [0.3, 0.4) is 0 Å².